The van der Waals surface area contributed by atoms with Crippen LogP contribution in [0.2, 0.25) is 0 Å². The zero-order valence-electron chi connectivity index (χ0n) is 7.78. The molecule has 0 heterocycles. The van der Waals surface area contributed by atoms with Gasteiger partial charge in [0.25, 0.3) is 11.9 Å². The van der Waals surface area contributed by atoms with Gasteiger partial charge < -0.3 is 8.85 Å². The molecule has 0 aromatic carbocycles. The lowest BCUT2D eigenvalue weighted by atomic mass is 10.5. The number of thiol groups is 1. The van der Waals surface area contributed by atoms with Crippen molar-refractivity contribution in [2.24, 2.45) is 0 Å². The van der Waals surface area contributed by atoms with Crippen LogP contribution in [-0.4, -0.2) is 26.6 Å². The van der Waals surface area contributed by atoms with Crippen molar-refractivity contribution in [3.05, 3.63) is 0 Å². The summed E-state index contributed by atoms with van der Waals surface area (Å²) in [5, 5.41) is 0.317. The average Bonchev–Trinajstić information content (AvgIpc) is 2.16. The third kappa shape index (κ3) is 5.70. The number of rotatable bonds is 5. The van der Waals surface area contributed by atoms with Crippen molar-refractivity contribution in [1.29, 1.82) is 0 Å². The van der Waals surface area contributed by atoms with E-state index in [4.69, 9.17) is 8.85 Å². The Morgan fingerprint density at radius 3 is 1.77 bits per heavy atom. The van der Waals surface area contributed by atoms with Gasteiger partial charge in [-0.25, -0.2) is 0 Å². The highest BCUT2D eigenvalue weighted by Gasteiger charge is 2.19. The fourth-order valence-electron chi connectivity index (χ4n) is 0.558. The summed E-state index contributed by atoms with van der Waals surface area (Å²) >= 11 is 3.95. The van der Waals surface area contributed by atoms with Gasteiger partial charge in [0.15, 0.2) is 0 Å². The monoisotopic (exact) mass is 222 g/mol. The van der Waals surface area contributed by atoms with Crippen LogP contribution in [0.25, 0.3) is 0 Å². The fraction of sp³-hybridized carbons (Fsp3) is 0.714. The van der Waals surface area contributed by atoms with E-state index in [1.807, 2.05) is 0 Å². The maximum absolute atomic E-state index is 10.8. The summed E-state index contributed by atoms with van der Waals surface area (Å²) < 4.78 is 9.80. The average molecular weight is 222 g/mol. The molecule has 0 unspecified atom stereocenters. The van der Waals surface area contributed by atoms with E-state index in [1.54, 1.807) is 13.8 Å². The van der Waals surface area contributed by atoms with Crippen molar-refractivity contribution < 1.29 is 18.4 Å². The predicted molar refractivity (Wildman–Crippen MR) is 53.8 cm³/mol. The second kappa shape index (κ2) is 6.96. The molecular weight excluding hydrogens is 208 g/mol. The van der Waals surface area contributed by atoms with Gasteiger partial charge >= 0.3 is 9.28 Å². The molecule has 0 aromatic heterocycles. The SMILES string of the molecule is CCC(=O)O[SiH](CS)OC(=O)CC. The zero-order chi connectivity index (χ0) is 10.3. The van der Waals surface area contributed by atoms with E-state index in [0.717, 1.165) is 0 Å². The lowest BCUT2D eigenvalue weighted by molar-refractivity contribution is -0.139. The van der Waals surface area contributed by atoms with E-state index < -0.39 is 9.28 Å². The van der Waals surface area contributed by atoms with Crippen molar-refractivity contribution in [2.75, 3.05) is 5.38 Å². The Labute approximate surface area is 84.9 Å². The van der Waals surface area contributed by atoms with Crippen molar-refractivity contribution in [1.82, 2.24) is 0 Å². The van der Waals surface area contributed by atoms with Gasteiger partial charge in [0, 0.05) is 12.8 Å². The first-order valence-corrected chi connectivity index (χ1v) is 6.53. The van der Waals surface area contributed by atoms with E-state index >= 15 is 0 Å². The molecule has 0 saturated carbocycles. The summed E-state index contributed by atoms with van der Waals surface area (Å²) in [5.41, 5.74) is 0. The van der Waals surface area contributed by atoms with Crippen LogP contribution in [0.4, 0.5) is 0 Å². The first-order valence-electron chi connectivity index (χ1n) is 4.13. The van der Waals surface area contributed by atoms with Gasteiger partial charge in [-0.3, -0.25) is 9.59 Å². The van der Waals surface area contributed by atoms with Crippen molar-refractivity contribution in [3.8, 4) is 0 Å². The van der Waals surface area contributed by atoms with Crippen LogP contribution in [0, 0.1) is 0 Å². The van der Waals surface area contributed by atoms with Crippen LogP contribution in [0.15, 0.2) is 0 Å². The van der Waals surface area contributed by atoms with Crippen LogP contribution >= 0.6 is 12.6 Å². The Morgan fingerprint density at radius 2 is 1.54 bits per heavy atom. The number of hydrogen-bond acceptors (Lipinski definition) is 5. The minimum absolute atomic E-state index is 0.293. The third-order valence-corrected chi connectivity index (χ3v) is 3.50. The number of carbonyl (C=O) groups is 2. The molecular formula is C7H14O4SSi. The molecule has 13 heavy (non-hydrogen) atoms. The molecule has 76 valence electrons. The summed E-state index contributed by atoms with van der Waals surface area (Å²) in [6.45, 7) is 3.38. The van der Waals surface area contributed by atoms with Crippen LogP contribution < -0.4 is 0 Å². The van der Waals surface area contributed by atoms with E-state index in [-0.39, 0.29) is 11.9 Å². The number of hydrogen-bond donors (Lipinski definition) is 1. The van der Waals surface area contributed by atoms with E-state index in [0.29, 0.717) is 18.2 Å². The highest BCUT2D eigenvalue weighted by atomic mass is 32.1. The highest BCUT2D eigenvalue weighted by molar-refractivity contribution is 7.81. The maximum atomic E-state index is 10.8. The Balaban J connectivity index is 3.89. The molecule has 4 nitrogen and oxygen atoms in total. The molecule has 0 N–H and O–H groups in total. The fourth-order valence-corrected chi connectivity index (χ4v) is 2.12. The molecule has 0 spiro atoms. The highest BCUT2D eigenvalue weighted by Crippen LogP contribution is 1.98. The minimum Gasteiger partial charge on any atom is -0.487 e. The molecule has 0 amide bonds. The van der Waals surface area contributed by atoms with Crippen LogP contribution in [0.1, 0.15) is 26.7 Å². The summed E-state index contributed by atoms with van der Waals surface area (Å²) in [7, 11) is -2.20. The van der Waals surface area contributed by atoms with Gasteiger partial charge in [-0.2, -0.15) is 12.6 Å². The van der Waals surface area contributed by atoms with Crippen LogP contribution in [0.3, 0.4) is 0 Å². The molecule has 0 rings (SSSR count). The smallest absolute Gasteiger partial charge is 0.458 e. The molecule has 0 aromatic rings. The topological polar surface area (TPSA) is 52.6 Å². The normalized spacial score (nSPS) is 9.85. The predicted octanol–water partition coefficient (Wildman–Crippen LogP) is 0.582. The summed E-state index contributed by atoms with van der Waals surface area (Å²) in [5.74, 6) is -0.677. The van der Waals surface area contributed by atoms with Crippen molar-refractivity contribution in [3.63, 3.8) is 0 Å². The second-order valence-electron chi connectivity index (χ2n) is 2.30. The van der Waals surface area contributed by atoms with Gasteiger partial charge in [-0.15, -0.1) is 0 Å². The van der Waals surface area contributed by atoms with Crippen molar-refractivity contribution >= 4 is 33.9 Å². The lowest BCUT2D eigenvalue weighted by Gasteiger charge is -2.13. The molecule has 0 fully saturated rings. The third-order valence-electron chi connectivity index (χ3n) is 1.25. The second-order valence-corrected chi connectivity index (χ2v) is 5.09. The first-order chi connectivity index (χ1) is 6.13. The molecule has 0 aliphatic heterocycles. The van der Waals surface area contributed by atoms with Crippen molar-refractivity contribution in [2.45, 2.75) is 26.7 Å². The van der Waals surface area contributed by atoms with Gasteiger partial charge in [-0.1, -0.05) is 13.8 Å². The molecule has 0 bridgehead atoms. The quantitative estimate of drug-likeness (QED) is 0.546. The summed E-state index contributed by atoms with van der Waals surface area (Å²) in [6, 6.07) is 0. The molecule has 0 atom stereocenters. The van der Waals surface area contributed by atoms with E-state index in [2.05, 4.69) is 12.6 Å². The van der Waals surface area contributed by atoms with Gasteiger partial charge in [0.05, 0.1) is 5.38 Å². The molecule has 0 aliphatic carbocycles. The molecule has 0 radical (unpaired) electrons. The van der Waals surface area contributed by atoms with Gasteiger partial charge in [0.2, 0.25) is 0 Å². The Hall–Kier alpha value is -0.493. The summed E-state index contributed by atoms with van der Waals surface area (Å²) in [6.07, 6.45) is 0.585. The van der Waals surface area contributed by atoms with Crippen LogP contribution in [0.5, 0.6) is 0 Å². The molecule has 6 heteroatoms. The van der Waals surface area contributed by atoms with E-state index in [9.17, 15) is 9.59 Å². The van der Waals surface area contributed by atoms with Gasteiger partial charge in [-0.05, 0) is 0 Å². The summed E-state index contributed by atoms with van der Waals surface area (Å²) in [4.78, 5) is 21.7. The Morgan fingerprint density at radius 1 is 1.15 bits per heavy atom. The van der Waals surface area contributed by atoms with E-state index in [1.165, 1.54) is 0 Å². The largest absolute Gasteiger partial charge is 0.487 e. The number of carbonyl (C=O) groups excluding carboxylic acids is 2. The molecule has 0 aliphatic rings. The maximum Gasteiger partial charge on any atom is 0.458 e. The van der Waals surface area contributed by atoms with Gasteiger partial charge in [0.1, 0.15) is 0 Å². The minimum atomic E-state index is -2.20. The lowest BCUT2D eigenvalue weighted by Crippen LogP contribution is -2.31. The molecule has 0 saturated heterocycles. The zero-order valence-corrected chi connectivity index (χ0v) is 9.83. The standard InChI is InChI=1S/C7H14O4SSi/c1-3-6(8)10-13(5-12)11-7(9)4-2/h12-13H,3-5H2,1-2H3. The first kappa shape index (κ1) is 12.5. The van der Waals surface area contributed by atoms with Crippen LogP contribution in [-0.2, 0) is 18.4 Å². The Bertz CT molecular complexity index is 167. The Kier molecular flexibility index (Phi) is 6.70.